The number of rotatable bonds is 6. The van der Waals surface area contributed by atoms with Crippen molar-refractivity contribution < 1.29 is 18.3 Å². The lowest BCUT2D eigenvalue weighted by Gasteiger charge is -2.25. The van der Waals surface area contributed by atoms with Crippen LogP contribution < -0.4 is 10.1 Å². The molecule has 0 aliphatic rings. The van der Waals surface area contributed by atoms with E-state index in [1.54, 1.807) is 24.9 Å². The first-order valence-electron chi connectivity index (χ1n) is 7.91. The number of likely N-dealkylation sites (N-methyl/N-ethyl adjacent to an activating group) is 1. The van der Waals surface area contributed by atoms with Crippen molar-refractivity contribution in [1.82, 2.24) is 4.90 Å². The highest BCUT2D eigenvalue weighted by Gasteiger charge is 2.19. The quantitative estimate of drug-likeness (QED) is 0.860. The zero-order valence-corrected chi connectivity index (χ0v) is 14.8. The maximum atomic E-state index is 13.9. The number of benzene rings is 2. The molecule has 0 fully saturated rings. The minimum absolute atomic E-state index is 0.0220. The molecule has 2 aromatic carbocycles. The molecule has 1 atom stereocenters. The molecule has 0 saturated carbocycles. The van der Waals surface area contributed by atoms with E-state index >= 15 is 0 Å². The summed E-state index contributed by atoms with van der Waals surface area (Å²) in [5.41, 5.74) is 1.77. The van der Waals surface area contributed by atoms with Crippen LogP contribution in [-0.4, -0.2) is 31.5 Å². The van der Waals surface area contributed by atoms with Gasteiger partial charge in [-0.05, 0) is 56.8 Å². The molecule has 0 aliphatic heterocycles. The highest BCUT2D eigenvalue weighted by atomic mass is 19.1. The number of amides is 1. The number of hydrogen-bond donors (Lipinski definition) is 1. The first kappa shape index (κ1) is 18.9. The third kappa shape index (κ3) is 4.76. The number of methoxy groups -OCH3 is 1. The zero-order valence-electron chi connectivity index (χ0n) is 14.8. The molecule has 25 heavy (non-hydrogen) atoms. The van der Waals surface area contributed by atoms with E-state index in [0.29, 0.717) is 11.4 Å². The second kappa shape index (κ2) is 8.07. The summed E-state index contributed by atoms with van der Waals surface area (Å²) in [4.78, 5) is 14.0. The molecule has 1 N–H and O–H groups in total. The predicted octanol–water partition coefficient (Wildman–Crippen LogP) is 3.91. The fourth-order valence-corrected chi connectivity index (χ4v) is 2.54. The van der Waals surface area contributed by atoms with E-state index in [1.807, 2.05) is 19.1 Å². The van der Waals surface area contributed by atoms with Gasteiger partial charge in [-0.3, -0.25) is 9.69 Å². The van der Waals surface area contributed by atoms with Crippen LogP contribution in [0.4, 0.5) is 14.5 Å². The number of ether oxygens (including phenoxy) is 1. The van der Waals surface area contributed by atoms with E-state index in [-0.39, 0.29) is 18.0 Å². The molecule has 0 aromatic heterocycles. The molecule has 0 bridgehead atoms. The third-order valence-corrected chi connectivity index (χ3v) is 4.09. The Morgan fingerprint density at radius 1 is 1.24 bits per heavy atom. The van der Waals surface area contributed by atoms with Crippen LogP contribution in [0.5, 0.6) is 5.75 Å². The summed E-state index contributed by atoms with van der Waals surface area (Å²) in [5, 5.41) is 2.79. The Balaban J connectivity index is 2.07. The van der Waals surface area contributed by atoms with Gasteiger partial charge in [0, 0.05) is 11.6 Å². The number of anilines is 1. The molecule has 1 unspecified atom stereocenters. The van der Waals surface area contributed by atoms with Crippen molar-refractivity contribution in [1.29, 1.82) is 0 Å². The average Bonchev–Trinajstić information content (AvgIpc) is 2.56. The predicted molar refractivity (Wildman–Crippen MR) is 93.8 cm³/mol. The molecule has 0 radical (unpaired) electrons. The normalized spacial score (nSPS) is 12.1. The van der Waals surface area contributed by atoms with E-state index in [1.165, 1.54) is 7.11 Å². The van der Waals surface area contributed by atoms with E-state index in [2.05, 4.69) is 5.32 Å². The van der Waals surface area contributed by atoms with Crippen molar-refractivity contribution in [3.05, 3.63) is 59.2 Å². The van der Waals surface area contributed by atoms with Crippen molar-refractivity contribution in [3.8, 4) is 5.75 Å². The maximum Gasteiger partial charge on any atom is 0.238 e. The van der Waals surface area contributed by atoms with Gasteiger partial charge in [-0.2, -0.15) is 0 Å². The second-order valence-corrected chi connectivity index (χ2v) is 6.01. The maximum absolute atomic E-state index is 13.9. The first-order chi connectivity index (χ1) is 11.8. The summed E-state index contributed by atoms with van der Waals surface area (Å²) in [5.74, 6) is -0.715. The van der Waals surface area contributed by atoms with E-state index in [4.69, 9.17) is 4.74 Å². The lowest BCUT2D eigenvalue weighted by molar-refractivity contribution is -0.117. The molecule has 0 spiro atoms. The standard InChI is InChI=1S/C19H22F2N2O2/c1-12-5-8-18(25-4)17(9-12)22-19(24)11-23(3)13(2)15-10-14(20)6-7-16(15)21/h5-10,13H,11H2,1-4H3,(H,22,24). The summed E-state index contributed by atoms with van der Waals surface area (Å²) in [6.45, 7) is 3.66. The van der Waals surface area contributed by atoms with Crippen molar-refractivity contribution in [2.45, 2.75) is 19.9 Å². The summed E-state index contributed by atoms with van der Waals surface area (Å²) in [6, 6.07) is 8.33. The van der Waals surface area contributed by atoms with Gasteiger partial charge in [0.2, 0.25) is 5.91 Å². The van der Waals surface area contributed by atoms with Crippen LogP contribution in [0.3, 0.4) is 0 Å². The van der Waals surface area contributed by atoms with Gasteiger partial charge < -0.3 is 10.1 Å². The Labute approximate surface area is 146 Å². The van der Waals surface area contributed by atoms with Crippen LogP contribution in [0.2, 0.25) is 0 Å². The number of aryl methyl sites for hydroxylation is 1. The summed E-state index contributed by atoms with van der Waals surface area (Å²) in [7, 11) is 3.21. The number of carbonyl (C=O) groups is 1. The van der Waals surface area contributed by atoms with E-state index < -0.39 is 17.7 Å². The van der Waals surface area contributed by atoms with Gasteiger partial charge in [0.15, 0.2) is 0 Å². The Bertz CT molecular complexity index is 765. The van der Waals surface area contributed by atoms with Gasteiger partial charge in [0.25, 0.3) is 0 Å². The molecule has 4 nitrogen and oxygen atoms in total. The molecule has 0 aliphatic carbocycles. The van der Waals surface area contributed by atoms with Gasteiger partial charge in [-0.1, -0.05) is 6.07 Å². The van der Waals surface area contributed by atoms with Crippen molar-refractivity contribution >= 4 is 11.6 Å². The SMILES string of the molecule is COc1ccc(C)cc1NC(=O)CN(C)C(C)c1cc(F)ccc1F. The monoisotopic (exact) mass is 348 g/mol. The van der Waals surface area contributed by atoms with Gasteiger partial charge in [0.05, 0.1) is 19.3 Å². The number of nitrogens with zero attached hydrogens (tertiary/aromatic N) is 1. The Morgan fingerprint density at radius 3 is 2.64 bits per heavy atom. The minimum Gasteiger partial charge on any atom is -0.495 e. The molecule has 2 rings (SSSR count). The molecule has 6 heteroatoms. The van der Waals surface area contributed by atoms with Crippen LogP contribution in [0.25, 0.3) is 0 Å². The lowest BCUT2D eigenvalue weighted by atomic mass is 10.1. The summed E-state index contributed by atoms with van der Waals surface area (Å²) < 4.78 is 32.5. The highest BCUT2D eigenvalue weighted by Crippen LogP contribution is 2.26. The molecule has 1 amide bonds. The van der Waals surface area contributed by atoms with Gasteiger partial charge in [-0.25, -0.2) is 8.78 Å². The minimum atomic E-state index is -0.509. The van der Waals surface area contributed by atoms with E-state index in [0.717, 1.165) is 23.8 Å². The Morgan fingerprint density at radius 2 is 1.96 bits per heavy atom. The number of carbonyl (C=O) groups excluding carboxylic acids is 1. The number of hydrogen-bond acceptors (Lipinski definition) is 3. The van der Waals surface area contributed by atoms with Gasteiger partial charge >= 0.3 is 0 Å². The highest BCUT2D eigenvalue weighted by molar-refractivity contribution is 5.93. The Kier molecular flexibility index (Phi) is 6.09. The topological polar surface area (TPSA) is 41.6 Å². The average molecular weight is 348 g/mol. The van der Waals surface area contributed by atoms with Crippen molar-refractivity contribution in [3.63, 3.8) is 0 Å². The van der Waals surface area contributed by atoms with Gasteiger partial charge in [-0.15, -0.1) is 0 Å². The fourth-order valence-electron chi connectivity index (χ4n) is 2.54. The molecule has 2 aromatic rings. The zero-order chi connectivity index (χ0) is 18.6. The van der Waals surface area contributed by atoms with Crippen LogP contribution >= 0.6 is 0 Å². The van der Waals surface area contributed by atoms with Crippen LogP contribution in [0.1, 0.15) is 24.1 Å². The smallest absolute Gasteiger partial charge is 0.238 e. The van der Waals surface area contributed by atoms with Crippen molar-refractivity contribution in [2.75, 3.05) is 26.0 Å². The van der Waals surface area contributed by atoms with Crippen LogP contribution in [-0.2, 0) is 4.79 Å². The number of halogens is 2. The summed E-state index contributed by atoms with van der Waals surface area (Å²) >= 11 is 0. The first-order valence-corrected chi connectivity index (χ1v) is 7.91. The van der Waals surface area contributed by atoms with Crippen molar-refractivity contribution in [2.24, 2.45) is 0 Å². The molecular weight excluding hydrogens is 326 g/mol. The molecular formula is C19H22F2N2O2. The molecule has 0 heterocycles. The second-order valence-electron chi connectivity index (χ2n) is 6.01. The molecule has 0 saturated heterocycles. The largest absolute Gasteiger partial charge is 0.495 e. The van der Waals surface area contributed by atoms with E-state index in [9.17, 15) is 13.6 Å². The van der Waals surface area contributed by atoms with Crippen LogP contribution in [0, 0.1) is 18.6 Å². The fraction of sp³-hybridized carbons (Fsp3) is 0.316. The number of nitrogens with one attached hydrogen (secondary N) is 1. The summed E-state index contributed by atoms with van der Waals surface area (Å²) in [6.07, 6.45) is 0. The Hall–Kier alpha value is -2.47. The van der Waals surface area contributed by atoms with Gasteiger partial charge in [0.1, 0.15) is 17.4 Å². The third-order valence-electron chi connectivity index (χ3n) is 4.09. The molecule has 134 valence electrons. The lowest BCUT2D eigenvalue weighted by Crippen LogP contribution is -2.32. The van der Waals surface area contributed by atoms with Crippen LogP contribution in [0.15, 0.2) is 36.4 Å².